The number of carbonyl (C=O) groups is 1. The number of halogens is 2. The zero-order chi connectivity index (χ0) is 16.9. The minimum atomic E-state index is 0.0884. The Morgan fingerprint density at radius 3 is 2.54 bits per heavy atom. The summed E-state index contributed by atoms with van der Waals surface area (Å²) in [5.74, 6) is 0.213. The molecular weight excluding hydrogens is 388 g/mol. The molecule has 24 heavy (non-hydrogen) atoms. The first kappa shape index (κ1) is 17.5. The highest BCUT2D eigenvalue weighted by atomic mass is 79.9. The van der Waals surface area contributed by atoms with Crippen molar-refractivity contribution in [3.8, 4) is 0 Å². The maximum Gasteiger partial charge on any atom is 0.227 e. The van der Waals surface area contributed by atoms with Crippen LogP contribution in [0.1, 0.15) is 18.4 Å². The van der Waals surface area contributed by atoms with E-state index in [4.69, 9.17) is 11.6 Å². The largest absolute Gasteiger partial charge is 0.326 e. The lowest BCUT2D eigenvalue weighted by molar-refractivity contribution is -0.121. The molecule has 1 aliphatic rings. The van der Waals surface area contributed by atoms with E-state index < -0.39 is 0 Å². The average Bonchev–Trinajstić information content (AvgIpc) is 2.57. The second kappa shape index (κ2) is 8.15. The van der Waals surface area contributed by atoms with Gasteiger partial charge in [0.1, 0.15) is 0 Å². The van der Waals surface area contributed by atoms with Crippen molar-refractivity contribution >= 4 is 39.1 Å². The molecule has 0 aliphatic carbocycles. The number of amides is 1. The van der Waals surface area contributed by atoms with Crippen molar-refractivity contribution in [2.75, 3.05) is 18.4 Å². The third-order valence-corrected chi connectivity index (χ3v) is 5.12. The Bertz CT molecular complexity index is 697. The molecule has 0 bridgehead atoms. The van der Waals surface area contributed by atoms with E-state index >= 15 is 0 Å². The maximum absolute atomic E-state index is 12.4. The third kappa shape index (κ3) is 4.82. The number of rotatable bonds is 4. The van der Waals surface area contributed by atoms with Crippen LogP contribution in [-0.2, 0) is 11.3 Å². The van der Waals surface area contributed by atoms with E-state index in [1.165, 1.54) is 5.56 Å². The third-order valence-electron chi connectivity index (χ3n) is 4.37. The van der Waals surface area contributed by atoms with Crippen LogP contribution in [0.2, 0.25) is 5.02 Å². The van der Waals surface area contributed by atoms with Gasteiger partial charge in [-0.15, -0.1) is 0 Å². The molecule has 126 valence electrons. The first-order valence-corrected chi connectivity index (χ1v) is 9.30. The highest BCUT2D eigenvalue weighted by Gasteiger charge is 2.25. The summed E-state index contributed by atoms with van der Waals surface area (Å²) < 4.78 is 0.970. The average molecular weight is 408 g/mol. The molecule has 1 N–H and O–H groups in total. The molecule has 1 saturated heterocycles. The van der Waals surface area contributed by atoms with E-state index in [0.29, 0.717) is 0 Å². The van der Waals surface area contributed by atoms with Gasteiger partial charge in [0, 0.05) is 27.6 Å². The van der Waals surface area contributed by atoms with Crippen molar-refractivity contribution in [1.82, 2.24) is 4.90 Å². The topological polar surface area (TPSA) is 32.3 Å². The van der Waals surface area contributed by atoms with E-state index in [1.54, 1.807) is 0 Å². The van der Waals surface area contributed by atoms with Gasteiger partial charge in [-0.1, -0.05) is 45.7 Å². The lowest BCUT2D eigenvalue weighted by Gasteiger charge is -2.31. The van der Waals surface area contributed by atoms with Crippen LogP contribution in [0.15, 0.2) is 53.0 Å². The number of hydrogen-bond donors (Lipinski definition) is 1. The van der Waals surface area contributed by atoms with E-state index in [1.807, 2.05) is 36.4 Å². The maximum atomic E-state index is 12.4. The van der Waals surface area contributed by atoms with E-state index in [-0.39, 0.29) is 11.8 Å². The zero-order valence-electron chi connectivity index (χ0n) is 13.3. The molecule has 1 amide bonds. The molecule has 2 aromatic rings. The van der Waals surface area contributed by atoms with Crippen LogP contribution in [0.4, 0.5) is 5.69 Å². The minimum absolute atomic E-state index is 0.0884. The number of nitrogens with one attached hydrogen (secondary N) is 1. The monoisotopic (exact) mass is 406 g/mol. The summed E-state index contributed by atoms with van der Waals surface area (Å²) in [6.07, 6.45) is 1.79. The number of piperidine rings is 1. The summed E-state index contributed by atoms with van der Waals surface area (Å²) in [4.78, 5) is 14.8. The minimum Gasteiger partial charge on any atom is -0.326 e. The molecule has 3 nitrogen and oxygen atoms in total. The summed E-state index contributed by atoms with van der Waals surface area (Å²) in [7, 11) is 0. The number of hydrogen-bond acceptors (Lipinski definition) is 2. The Hall–Kier alpha value is -1.36. The van der Waals surface area contributed by atoms with Crippen molar-refractivity contribution in [3.63, 3.8) is 0 Å². The van der Waals surface area contributed by atoms with Crippen LogP contribution in [0.5, 0.6) is 0 Å². The molecule has 0 unspecified atom stereocenters. The molecule has 0 saturated carbocycles. The SMILES string of the molecule is O=C(Nc1cccc(Br)c1)C1CCN(Cc2ccc(Cl)cc2)CC1. The lowest BCUT2D eigenvalue weighted by Crippen LogP contribution is -2.37. The van der Waals surface area contributed by atoms with Crippen molar-refractivity contribution in [2.24, 2.45) is 5.92 Å². The van der Waals surface area contributed by atoms with Crippen molar-refractivity contribution in [3.05, 3.63) is 63.6 Å². The smallest absolute Gasteiger partial charge is 0.227 e. The number of anilines is 1. The van der Waals surface area contributed by atoms with Gasteiger partial charge in [-0.3, -0.25) is 9.69 Å². The van der Waals surface area contributed by atoms with E-state index in [9.17, 15) is 4.79 Å². The van der Waals surface area contributed by atoms with Gasteiger partial charge in [-0.05, 0) is 61.8 Å². The Kier molecular flexibility index (Phi) is 5.93. The fourth-order valence-electron chi connectivity index (χ4n) is 3.01. The first-order chi connectivity index (χ1) is 11.6. The summed E-state index contributed by atoms with van der Waals surface area (Å²) in [6.45, 7) is 2.80. The second-order valence-corrected chi connectivity index (χ2v) is 7.53. The Morgan fingerprint density at radius 2 is 1.88 bits per heavy atom. The van der Waals surface area contributed by atoms with Gasteiger partial charge in [-0.2, -0.15) is 0 Å². The predicted molar refractivity (Wildman–Crippen MR) is 102 cm³/mol. The molecule has 1 heterocycles. The molecule has 0 spiro atoms. The predicted octanol–water partition coefficient (Wildman–Crippen LogP) is 4.95. The normalized spacial score (nSPS) is 16.1. The van der Waals surface area contributed by atoms with Crippen LogP contribution >= 0.6 is 27.5 Å². The first-order valence-electron chi connectivity index (χ1n) is 8.13. The molecule has 0 atom stereocenters. The molecule has 5 heteroatoms. The lowest BCUT2D eigenvalue weighted by atomic mass is 9.95. The molecular formula is C19H20BrClN2O. The molecule has 2 aromatic carbocycles. The fraction of sp³-hybridized carbons (Fsp3) is 0.316. The Morgan fingerprint density at radius 1 is 1.17 bits per heavy atom. The molecule has 1 fully saturated rings. The molecule has 0 radical (unpaired) electrons. The van der Waals surface area contributed by atoms with Gasteiger partial charge < -0.3 is 5.32 Å². The van der Waals surface area contributed by atoms with Crippen molar-refractivity contribution in [2.45, 2.75) is 19.4 Å². The van der Waals surface area contributed by atoms with Gasteiger partial charge in [0.05, 0.1) is 0 Å². The standard InChI is InChI=1S/C19H20BrClN2O/c20-16-2-1-3-18(12-16)22-19(24)15-8-10-23(11-9-15)13-14-4-6-17(21)7-5-14/h1-7,12,15H,8-11,13H2,(H,22,24). The molecule has 3 rings (SSSR count). The van der Waals surface area contributed by atoms with E-state index in [2.05, 4.69) is 38.3 Å². The summed E-state index contributed by atoms with van der Waals surface area (Å²) >= 11 is 9.35. The second-order valence-electron chi connectivity index (χ2n) is 6.18. The summed E-state index contributed by atoms with van der Waals surface area (Å²) in [5.41, 5.74) is 2.11. The van der Waals surface area contributed by atoms with Crippen LogP contribution < -0.4 is 5.32 Å². The van der Waals surface area contributed by atoms with Crippen LogP contribution in [-0.4, -0.2) is 23.9 Å². The van der Waals surface area contributed by atoms with Gasteiger partial charge >= 0.3 is 0 Å². The van der Waals surface area contributed by atoms with Crippen LogP contribution in [0.25, 0.3) is 0 Å². The highest BCUT2D eigenvalue weighted by Crippen LogP contribution is 2.22. The number of benzene rings is 2. The Labute approximate surface area is 156 Å². The van der Waals surface area contributed by atoms with Crippen LogP contribution in [0, 0.1) is 5.92 Å². The highest BCUT2D eigenvalue weighted by molar-refractivity contribution is 9.10. The van der Waals surface area contributed by atoms with Gasteiger partial charge in [0.25, 0.3) is 0 Å². The quantitative estimate of drug-likeness (QED) is 0.777. The zero-order valence-corrected chi connectivity index (χ0v) is 15.7. The molecule has 1 aliphatic heterocycles. The number of carbonyl (C=O) groups excluding carboxylic acids is 1. The molecule has 0 aromatic heterocycles. The van der Waals surface area contributed by atoms with Gasteiger partial charge in [-0.25, -0.2) is 0 Å². The van der Waals surface area contributed by atoms with Gasteiger partial charge in [0.15, 0.2) is 0 Å². The number of likely N-dealkylation sites (tertiary alicyclic amines) is 1. The van der Waals surface area contributed by atoms with Gasteiger partial charge in [0.2, 0.25) is 5.91 Å². The fourth-order valence-corrected chi connectivity index (χ4v) is 3.54. The number of nitrogens with zero attached hydrogens (tertiary/aromatic N) is 1. The van der Waals surface area contributed by atoms with E-state index in [0.717, 1.165) is 47.7 Å². The van der Waals surface area contributed by atoms with Crippen molar-refractivity contribution in [1.29, 1.82) is 0 Å². The van der Waals surface area contributed by atoms with Crippen LogP contribution in [0.3, 0.4) is 0 Å². The Balaban J connectivity index is 1.49. The summed E-state index contributed by atoms with van der Waals surface area (Å²) in [6, 6.07) is 15.7. The summed E-state index contributed by atoms with van der Waals surface area (Å²) in [5, 5.41) is 3.79. The van der Waals surface area contributed by atoms with Crippen molar-refractivity contribution < 1.29 is 4.79 Å².